The molecule has 0 spiro atoms. The fourth-order valence-corrected chi connectivity index (χ4v) is 1.85. The van der Waals surface area contributed by atoms with Crippen molar-refractivity contribution in [1.29, 1.82) is 0 Å². The maximum absolute atomic E-state index is 5.80. The summed E-state index contributed by atoms with van der Waals surface area (Å²) >= 11 is 1.68. The third-order valence-electron chi connectivity index (χ3n) is 2.48. The third-order valence-corrected chi connectivity index (χ3v) is 3.32. The van der Waals surface area contributed by atoms with E-state index >= 15 is 0 Å². The molecule has 0 fully saturated rings. The summed E-state index contributed by atoms with van der Waals surface area (Å²) in [5, 5.41) is 3.08. The predicted molar refractivity (Wildman–Crippen MR) is 97.6 cm³/mol. The van der Waals surface area contributed by atoms with Crippen molar-refractivity contribution < 1.29 is 0 Å². The molecule has 0 aromatic heterocycles. The molecule has 5 heteroatoms. The van der Waals surface area contributed by atoms with Crippen molar-refractivity contribution in [2.75, 3.05) is 23.4 Å². The summed E-state index contributed by atoms with van der Waals surface area (Å²) in [7, 11) is 0. The van der Waals surface area contributed by atoms with Gasteiger partial charge < -0.3 is 11.1 Å². The van der Waals surface area contributed by atoms with Crippen LogP contribution in [0.2, 0.25) is 0 Å². The molecule has 19 heavy (non-hydrogen) atoms. The van der Waals surface area contributed by atoms with E-state index in [1.54, 1.807) is 11.8 Å². The van der Waals surface area contributed by atoms with E-state index in [4.69, 9.17) is 12.2 Å². The van der Waals surface area contributed by atoms with Crippen LogP contribution >= 0.6 is 35.7 Å². The van der Waals surface area contributed by atoms with Crippen molar-refractivity contribution in [3.05, 3.63) is 29.3 Å². The molecule has 0 amide bonds. The molecule has 0 saturated carbocycles. The van der Waals surface area contributed by atoms with Gasteiger partial charge in [0.25, 0.3) is 0 Å². The van der Waals surface area contributed by atoms with E-state index in [2.05, 4.69) is 42.2 Å². The highest BCUT2D eigenvalue weighted by atomic mass is 127. The fourth-order valence-electron chi connectivity index (χ4n) is 1.37. The van der Waals surface area contributed by atoms with Gasteiger partial charge in [-0.1, -0.05) is 12.0 Å². The number of rotatable bonds is 5. The quantitative estimate of drug-likeness (QED) is 0.268. The number of hydrogen-bond acceptors (Lipinski definition) is 2. The first-order chi connectivity index (χ1) is 8.63. The zero-order chi connectivity index (χ0) is 13.4. The average Bonchev–Trinajstić information content (AvgIpc) is 2.34. The molecule has 1 aromatic carbocycles. The van der Waals surface area contributed by atoms with Crippen LogP contribution in [0.1, 0.15) is 11.1 Å². The predicted octanol–water partition coefficient (Wildman–Crippen LogP) is 3.01. The summed E-state index contributed by atoms with van der Waals surface area (Å²) in [6.45, 7) is 4.83. The second-order valence-corrected chi connectivity index (χ2v) is 5.05. The van der Waals surface area contributed by atoms with Crippen LogP contribution in [0.5, 0.6) is 0 Å². The Hall–Kier alpha value is -0.870. The molecule has 0 atom stereocenters. The van der Waals surface area contributed by atoms with Crippen LogP contribution in [0, 0.1) is 26.2 Å². The Morgan fingerprint density at radius 3 is 2.79 bits per heavy atom. The molecule has 0 radical (unpaired) electrons. The van der Waals surface area contributed by atoms with E-state index in [0.717, 1.165) is 17.2 Å². The molecule has 0 unspecified atom stereocenters. The highest BCUT2D eigenvalue weighted by molar-refractivity contribution is 14.0. The molecule has 0 bridgehead atoms. The molecule has 104 valence electrons. The topological polar surface area (TPSA) is 50.4 Å². The first-order valence-electron chi connectivity index (χ1n) is 5.79. The van der Waals surface area contributed by atoms with E-state index in [0.29, 0.717) is 12.5 Å². The number of terminal acetylenes is 1. The highest BCUT2D eigenvalue weighted by Crippen LogP contribution is 2.13. The van der Waals surface area contributed by atoms with Crippen LogP contribution in [0.25, 0.3) is 0 Å². The number of nitrogens with one attached hydrogen (secondary N) is 1. The number of nitrogens with zero attached hydrogens (tertiary/aromatic N) is 1. The number of halogens is 1. The average molecular weight is 389 g/mol. The van der Waals surface area contributed by atoms with Gasteiger partial charge in [0, 0.05) is 11.4 Å². The van der Waals surface area contributed by atoms with Crippen LogP contribution in [-0.2, 0) is 0 Å². The lowest BCUT2D eigenvalue weighted by Gasteiger charge is -2.07. The number of hydrogen-bond donors (Lipinski definition) is 2. The minimum Gasteiger partial charge on any atom is -0.370 e. The molecule has 1 aromatic rings. The number of benzene rings is 1. The molecule has 3 nitrogen and oxygen atoms in total. The van der Waals surface area contributed by atoms with Gasteiger partial charge in [0.15, 0.2) is 5.96 Å². The van der Waals surface area contributed by atoms with Gasteiger partial charge in [0.2, 0.25) is 0 Å². The highest BCUT2D eigenvalue weighted by Gasteiger charge is 1.97. The minimum absolute atomic E-state index is 0. The monoisotopic (exact) mass is 389 g/mol. The second-order valence-electron chi connectivity index (χ2n) is 3.95. The van der Waals surface area contributed by atoms with E-state index in [-0.39, 0.29) is 24.0 Å². The fraction of sp³-hybridized carbons (Fsp3) is 0.357. The Bertz CT molecular complexity index is 466. The van der Waals surface area contributed by atoms with Crippen LogP contribution in [0.3, 0.4) is 0 Å². The summed E-state index contributed by atoms with van der Waals surface area (Å²) in [6.07, 6.45) is 5.16. The Morgan fingerprint density at radius 2 is 2.16 bits per heavy atom. The van der Waals surface area contributed by atoms with Crippen molar-refractivity contribution in [3.63, 3.8) is 0 Å². The maximum atomic E-state index is 5.80. The van der Waals surface area contributed by atoms with Crippen LogP contribution in [-0.4, -0.2) is 24.0 Å². The van der Waals surface area contributed by atoms with Crippen molar-refractivity contribution in [2.24, 2.45) is 10.7 Å². The lowest BCUT2D eigenvalue weighted by molar-refractivity contribution is 1.13. The van der Waals surface area contributed by atoms with Gasteiger partial charge in [-0.15, -0.1) is 42.2 Å². The summed E-state index contributed by atoms with van der Waals surface area (Å²) < 4.78 is 0. The normalized spacial score (nSPS) is 10.5. The van der Waals surface area contributed by atoms with Crippen molar-refractivity contribution in [3.8, 4) is 12.3 Å². The van der Waals surface area contributed by atoms with Gasteiger partial charge in [-0.25, -0.2) is 0 Å². The number of guanidine groups is 1. The number of aliphatic imine (C=N–C) groups is 1. The molecule has 0 heterocycles. The van der Waals surface area contributed by atoms with E-state index < -0.39 is 0 Å². The molecule has 0 aliphatic carbocycles. The van der Waals surface area contributed by atoms with E-state index in [1.165, 1.54) is 11.1 Å². The minimum atomic E-state index is 0. The van der Waals surface area contributed by atoms with E-state index in [9.17, 15) is 0 Å². The van der Waals surface area contributed by atoms with Crippen LogP contribution in [0.15, 0.2) is 23.2 Å². The van der Waals surface area contributed by atoms with Crippen molar-refractivity contribution in [1.82, 2.24) is 0 Å². The summed E-state index contributed by atoms with van der Waals surface area (Å²) in [6, 6.07) is 6.12. The molecule has 3 N–H and O–H groups in total. The first kappa shape index (κ1) is 18.1. The Balaban J connectivity index is 0.00000324. The Morgan fingerprint density at radius 1 is 1.42 bits per heavy atom. The zero-order valence-electron chi connectivity index (χ0n) is 11.3. The van der Waals surface area contributed by atoms with E-state index in [1.807, 2.05) is 6.07 Å². The van der Waals surface area contributed by atoms with Gasteiger partial charge >= 0.3 is 0 Å². The van der Waals surface area contributed by atoms with Crippen molar-refractivity contribution in [2.45, 2.75) is 13.8 Å². The molecular formula is C14H20IN3S. The molecular weight excluding hydrogens is 369 g/mol. The Kier molecular flexibility index (Phi) is 9.53. The Labute approximate surface area is 136 Å². The SMILES string of the molecule is C#CCSCCN=C(N)Nc1ccc(C)c(C)c1.I. The molecule has 1 rings (SSSR count). The third kappa shape index (κ3) is 7.33. The number of thioether (sulfide) groups is 1. The number of nitrogens with two attached hydrogens (primary N) is 1. The molecule has 0 aliphatic rings. The van der Waals surface area contributed by atoms with Crippen molar-refractivity contribution >= 4 is 47.4 Å². The number of aryl methyl sites for hydroxylation is 2. The van der Waals surface area contributed by atoms with Gasteiger partial charge in [-0.2, -0.15) is 0 Å². The van der Waals surface area contributed by atoms with Gasteiger partial charge in [-0.05, 0) is 37.1 Å². The van der Waals surface area contributed by atoms with Crippen LogP contribution < -0.4 is 11.1 Å². The van der Waals surface area contributed by atoms with Gasteiger partial charge in [0.05, 0.1) is 12.3 Å². The standard InChI is InChI=1S/C14H19N3S.HI/c1-4-8-18-9-7-16-14(15)17-13-6-5-11(2)12(3)10-13;/h1,5-6,10H,7-9H2,2-3H3,(H3,15,16,17);1H. The lowest BCUT2D eigenvalue weighted by Crippen LogP contribution is -2.23. The smallest absolute Gasteiger partial charge is 0.193 e. The summed E-state index contributed by atoms with van der Waals surface area (Å²) in [5.74, 6) is 4.63. The van der Waals surface area contributed by atoms with Gasteiger partial charge in [-0.3, -0.25) is 4.99 Å². The maximum Gasteiger partial charge on any atom is 0.193 e. The summed E-state index contributed by atoms with van der Waals surface area (Å²) in [5.41, 5.74) is 9.27. The number of anilines is 1. The van der Waals surface area contributed by atoms with Crippen LogP contribution in [0.4, 0.5) is 5.69 Å². The second kappa shape index (κ2) is 9.98. The zero-order valence-corrected chi connectivity index (χ0v) is 14.4. The molecule has 0 aliphatic heterocycles. The largest absolute Gasteiger partial charge is 0.370 e. The van der Waals surface area contributed by atoms with Gasteiger partial charge in [0.1, 0.15) is 0 Å². The molecule has 0 saturated heterocycles. The lowest BCUT2D eigenvalue weighted by atomic mass is 10.1. The first-order valence-corrected chi connectivity index (χ1v) is 6.94. The summed E-state index contributed by atoms with van der Waals surface area (Å²) in [4.78, 5) is 4.24.